The van der Waals surface area contributed by atoms with Gasteiger partial charge in [-0.25, -0.2) is 0 Å². The summed E-state index contributed by atoms with van der Waals surface area (Å²) in [6, 6.07) is 10.7. The third kappa shape index (κ3) is 6.63. The van der Waals surface area contributed by atoms with Crippen molar-refractivity contribution in [3.8, 4) is 0 Å². The molecule has 0 aliphatic carbocycles. The van der Waals surface area contributed by atoms with Gasteiger partial charge in [-0.15, -0.1) is 5.10 Å². The van der Waals surface area contributed by atoms with E-state index in [-0.39, 0.29) is 10.8 Å². The second kappa shape index (κ2) is 11.1. The standard InChI is InChI=1S/C32H51N7/c1-31(2,3)28-12-9-23(16-33-28)17-37-20-25-10-11-26(21-37)39(25)19-24-15-27(36(7)8)22-38(18-24)30-14-13-29(34-35-30)32(4,5)6/h9,12-14,16,24-27H,10-11,15,17-22H2,1-8H3. The van der Waals surface area contributed by atoms with Crippen molar-refractivity contribution in [1.29, 1.82) is 0 Å². The van der Waals surface area contributed by atoms with Crippen molar-refractivity contribution in [3.05, 3.63) is 47.4 Å². The van der Waals surface area contributed by atoms with Gasteiger partial charge in [0.05, 0.1) is 5.69 Å². The predicted molar refractivity (Wildman–Crippen MR) is 160 cm³/mol. The van der Waals surface area contributed by atoms with Crippen molar-refractivity contribution in [2.45, 2.75) is 96.3 Å². The number of aromatic nitrogens is 3. The molecule has 7 nitrogen and oxygen atoms in total. The Labute approximate surface area is 237 Å². The maximum absolute atomic E-state index is 4.78. The SMILES string of the molecule is CN(C)C1CC(CN2C3CCC2CN(Cc2ccc(C(C)(C)C)nc2)C3)CN(c2ccc(C(C)(C)C)nn2)C1. The lowest BCUT2D eigenvalue weighted by molar-refractivity contribution is 0.0438. The van der Waals surface area contributed by atoms with Crippen LogP contribution < -0.4 is 4.90 Å². The summed E-state index contributed by atoms with van der Waals surface area (Å²) in [6.45, 7) is 19.9. The summed E-state index contributed by atoms with van der Waals surface area (Å²) >= 11 is 0. The zero-order valence-corrected chi connectivity index (χ0v) is 25.7. The molecule has 0 spiro atoms. The number of hydrogen-bond acceptors (Lipinski definition) is 7. The Morgan fingerprint density at radius 1 is 0.821 bits per heavy atom. The number of fused-ring (bicyclic) bond motifs is 2. The highest BCUT2D eigenvalue weighted by molar-refractivity contribution is 5.39. The molecule has 3 fully saturated rings. The molecular weight excluding hydrogens is 482 g/mol. The van der Waals surface area contributed by atoms with Crippen LogP contribution in [-0.2, 0) is 17.4 Å². The molecule has 4 unspecified atom stereocenters. The van der Waals surface area contributed by atoms with Crippen molar-refractivity contribution in [1.82, 2.24) is 29.9 Å². The number of piperidine rings is 1. The topological polar surface area (TPSA) is 51.6 Å². The molecule has 0 radical (unpaired) electrons. The molecule has 214 valence electrons. The average molecular weight is 534 g/mol. The molecule has 0 N–H and O–H groups in total. The van der Waals surface area contributed by atoms with Crippen LogP contribution in [0.3, 0.4) is 0 Å². The smallest absolute Gasteiger partial charge is 0.151 e. The second-order valence-electron chi connectivity index (χ2n) is 14.7. The van der Waals surface area contributed by atoms with Crippen molar-refractivity contribution in [2.24, 2.45) is 5.92 Å². The number of hydrogen-bond donors (Lipinski definition) is 0. The van der Waals surface area contributed by atoms with Gasteiger partial charge in [0.15, 0.2) is 5.82 Å². The van der Waals surface area contributed by atoms with E-state index in [2.05, 4.69) is 116 Å². The second-order valence-corrected chi connectivity index (χ2v) is 14.7. The van der Waals surface area contributed by atoms with Crippen LogP contribution in [0.1, 0.15) is 77.8 Å². The largest absolute Gasteiger partial charge is 0.353 e. The van der Waals surface area contributed by atoms with Gasteiger partial charge in [-0.05, 0) is 63.0 Å². The molecule has 5 heterocycles. The van der Waals surface area contributed by atoms with E-state index in [0.29, 0.717) is 24.0 Å². The molecule has 2 aromatic heterocycles. The summed E-state index contributed by atoms with van der Waals surface area (Å²) in [6.07, 6.45) is 6.01. The third-order valence-corrected chi connectivity index (χ3v) is 9.17. The van der Waals surface area contributed by atoms with Crippen LogP contribution in [-0.4, -0.2) is 94.8 Å². The van der Waals surface area contributed by atoms with E-state index in [0.717, 1.165) is 31.1 Å². The van der Waals surface area contributed by atoms with E-state index in [1.807, 2.05) is 0 Å². The van der Waals surface area contributed by atoms with Crippen LogP contribution in [0.5, 0.6) is 0 Å². The molecule has 3 aliphatic rings. The minimum Gasteiger partial charge on any atom is -0.353 e. The minimum atomic E-state index is 0.0238. The van der Waals surface area contributed by atoms with Crippen LogP contribution in [0, 0.1) is 5.92 Å². The molecule has 3 aliphatic heterocycles. The number of nitrogens with zero attached hydrogens (tertiary/aromatic N) is 7. The van der Waals surface area contributed by atoms with Gasteiger partial charge in [0, 0.05) is 80.1 Å². The number of anilines is 1. The molecular formula is C32H51N7. The molecule has 39 heavy (non-hydrogen) atoms. The number of rotatable bonds is 6. The first-order valence-corrected chi connectivity index (χ1v) is 15.1. The Morgan fingerprint density at radius 2 is 1.49 bits per heavy atom. The lowest BCUT2D eigenvalue weighted by atomic mass is 9.91. The molecule has 2 bridgehead atoms. The minimum absolute atomic E-state index is 0.0238. The van der Waals surface area contributed by atoms with Crippen molar-refractivity contribution < 1.29 is 0 Å². The molecule has 0 aromatic carbocycles. The first-order valence-electron chi connectivity index (χ1n) is 15.1. The maximum atomic E-state index is 4.78. The first kappa shape index (κ1) is 28.4. The van der Waals surface area contributed by atoms with Gasteiger partial charge < -0.3 is 9.80 Å². The van der Waals surface area contributed by atoms with Crippen LogP contribution >= 0.6 is 0 Å². The van der Waals surface area contributed by atoms with Crippen molar-refractivity contribution >= 4 is 5.82 Å². The van der Waals surface area contributed by atoms with Crippen LogP contribution in [0.15, 0.2) is 30.5 Å². The quantitative estimate of drug-likeness (QED) is 0.539. The van der Waals surface area contributed by atoms with Crippen LogP contribution in [0.2, 0.25) is 0 Å². The summed E-state index contributed by atoms with van der Waals surface area (Å²) in [5.74, 6) is 1.66. The first-order chi connectivity index (χ1) is 18.4. The summed E-state index contributed by atoms with van der Waals surface area (Å²) in [7, 11) is 4.45. The summed E-state index contributed by atoms with van der Waals surface area (Å²) < 4.78 is 0. The van der Waals surface area contributed by atoms with Crippen LogP contribution in [0.4, 0.5) is 5.82 Å². The Hall–Kier alpha value is -2.09. The summed E-state index contributed by atoms with van der Waals surface area (Å²) in [5, 5.41) is 9.29. The van der Waals surface area contributed by atoms with E-state index in [9.17, 15) is 0 Å². The van der Waals surface area contributed by atoms with Crippen molar-refractivity contribution in [2.75, 3.05) is 51.7 Å². The average Bonchev–Trinajstić information content (AvgIpc) is 3.10. The molecule has 0 amide bonds. The fourth-order valence-corrected chi connectivity index (χ4v) is 6.78. The Morgan fingerprint density at radius 3 is 2.03 bits per heavy atom. The lowest BCUT2D eigenvalue weighted by Crippen LogP contribution is -2.57. The summed E-state index contributed by atoms with van der Waals surface area (Å²) in [4.78, 5) is 15.2. The van der Waals surface area contributed by atoms with Gasteiger partial charge in [0.1, 0.15) is 0 Å². The molecule has 2 aromatic rings. The maximum Gasteiger partial charge on any atom is 0.151 e. The lowest BCUT2D eigenvalue weighted by Gasteiger charge is -2.46. The number of likely N-dealkylation sites (N-methyl/N-ethyl adjacent to an activating group) is 1. The van der Waals surface area contributed by atoms with E-state index in [4.69, 9.17) is 4.98 Å². The number of piperazine rings is 1. The Balaban J connectivity index is 1.22. The third-order valence-electron chi connectivity index (χ3n) is 9.17. The van der Waals surface area contributed by atoms with Gasteiger partial charge >= 0.3 is 0 Å². The zero-order valence-electron chi connectivity index (χ0n) is 25.7. The molecule has 0 saturated carbocycles. The highest BCUT2D eigenvalue weighted by Gasteiger charge is 2.42. The normalized spacial score (nSPS) is 26.9. The Bertz CT molecular complexity index is 1070. The fraction of sp³-hybridized carbons (Fsp3) is 0.719. The van der Waals surface area contributed by atoms with Crippen molar-refractivity contribution in [3.63, 3.8) is 0 Å². The zero-order chi connectivity index (χ0) is 27.9. The molecule has 4 atom stereocenters. The predicted octanol–water partition coefficient (Wildman–Crippen LogP) is 4.57. The molecule has 7 heteroatoms. The highest BCUT2D eigenvalue weighted by atomic mass is 15.3. The van der Waals surface area contributed by atoms with Gasteiger partial charge in [0.2, 0.25) is 0 Å². The Kier molecular flexibility index (Phi) is 8.06. The fourth-order valence-electron chi connectivity index (χ4n) is 6.78. The number of pyridine rings is 1. The van der Waals surface area contributed by atoms with E-state index in [1.165, 1.54) is 50.2 Å². The van der Waals surface area contributed by atoms with Gasteiger partial charge in [0.25, 0.3) is 0 Å². The molecule has 3 saturated heterocycles. The van der Waals surface area contributed by atoms with E-state index < -0.39 is 0 Å². The van der Waals surface area contributed by atoms with E-state index >= 15 is 0 Å². The summed E-state index contributed by atoms with van der Waals surface area (Å²) in [5.41, 5.74) is 3.69. The monoisotopic (exact) mass is 533 g/mol. The number of likely N-dealkylation sites (tertiary alicyclic amines) is 1. The van der Waals surface area contributed by atoms with Gasteiger partial charge in [-0.2, -0.15) is 5.10 Å². The van der Waals surface area contributed by atoms with E-state index in [1.54, 1.807) is 0 Å². The highest BCUT2D eigenvalue weighted by Crippen LogP contribution is 2.34. The van der Waals surface area contributed by atoms with Crippen LogP contribution in [0.25, 0.3) is 0 Å². The van der Waals surface area contributed by atoms with Gasteiger partial charge in [-0.1, -0.05) is 47.6 Å². The van der Waals surface area contributed by atoms with Gasteiger partial charge in [-0.3, -0.25) is 14.8 Å². The molecule has 5 rings (SSSR count).